The number of amides is 2. The Morgan fingerprint density at radius 3 is 2.62 bits per heavy atom. The molecule has 24 heavy (non-hydrogen) atoms. The van der Waals surface area contributed by atoms with Gasteiger partial charge in [0, 0.05) is 24.2 Å². The van der Waals surface area contributed by atoms with Gasteiger partial charge in [-0.15, -0.1) is 0 Å². The second kappa shape index (κ2) is 6.51. The average molecular weight is 330 g/mol. The topological polar surface area (TPSA) is 96.3 Å². The summed E-state index contributed by atoms with van der Waals surface area (Å²) in [6, 6.07) is 5.48. The number of nitrogens with one attached hydrogen (secondary N) is 2. The molecule has 0 aliphatic heterocycles. The van der Waals surface area contributed by atoms with Crippen LogP contribution in [0.5, 0.6) is 0 Å². The molecule has 0 radical (unpaired) electrons. The molecule has 1 aromatic heterocycles. The first kappa shape index (κ1) is 16.3. The first-order valence-corrected chi connectivity index (χ1v) is 8.17. The Morgan fingerprint density at radius 2 is 1.96 bits per heavy atom. The first-order chi connectivity index (χ1) is 11.4. The third-order valence-electron chi connectivity index (χ3n) is 4.71. The molecule has 2 aromatic rings. The van der Waals surface area contributed by atoms with Gasteiger partial charge in [0.2, 0.25) is 0 Å². The number of carboxylic acids is 1. The summed E-state index contributed by atoms with van der Waals surface area (Å²) < 4.78 is 1.79. The van der Waals surface area contributed by atoms with Gasteiger partial charge >= 0.3 is 12.0 Å². The third kappa shape index (κ3) is 3.34. The van der Waals surface area contributed by atoms with Gasteiger partial charge in [0.1, 0.15) is 0 Å². The van der Waals surface area contributed by atoms with Crippen LogP contribution < -0.4 is 10.6 Å². The van der Waals surface area contributed by atoms with Gasteiger partial charge in [-0.25, -0.2) is 4.79 Å². The molecule has 0 unspecified atom stereocenters. The fourth-order valence-electron chi connectivity index (χ4n) is 3.35. The minimum Gasteiger partial charge on any atom is -0.481 e. The molecule has 2 amide bonds. The van der Waals surface area contributed by atoms with E-state index in [1.807, 2.05) is 32.2 Å². The lowest BCUT2D eigenvalue weighted by Gasteiger charge is -2.26. The Morgan fingerprint density at radius 1 is 1.25 bits per heavy atom. The van der Waals surface area contributed by atoms with Gasteiger partial charge in [-0.2, -0.15) is 5.10 Å². The largest absolute Gasteiger partial charge is 0.481 e. The number of nitrogens with zero attached hydrogens (tertiary/aromatic N) is 2. The molecule has 7 nitrogen and oxygen atoms in total. The lowest BCUT2D eigenvalue weighted by atomic mass is 9.86. The van der Waals surface area contributed by atoms with Gasteiger partial charge in [0.15, 0.2) is 0 Å². The van der Waals surface area contributed by atoms with Crippen molar-refractivity contribution in [3.8, 4) is 0 Å². The van der Waals surface area contributed by atoms with Crippen molar-refractivity contribution in [1.82, 2.24) is 15.1 Å². The Kier molecular flexibility index (Phi) is 4.42. The van der Waals surface area contributed by atoms with Crippen LogP contribution in [0.1, 0.15) is 31.4 Å². The summed E-state index contributed by atoms with van der Waals surface area (Å²) in [5.74, 6) is -1.01. The number of hydrogen-bond acceptors (Lipinski definition) is 3. The molecule has 0 spiro atoms. The van der Waals surface area contributed by atoms with E-state index in [0.29, 0.717) is 31.4 Å². The molecular formula is C17H22N4O3. The second-order valence-corrected chi connectivity index (χ2v) is 6.43. The van der Waals surface area contributed by atoms with Crippen molar-refractivity contribution in [2.75, 3.05) is 5.32 Å². The quantitative estimate of drug-likeness (QED) is 0.806. The van der Waals surface area contributed by atoms with Gasteiger partial charge in [-0.3, -0.25) is 9.48 Å². The Labute approximate surface area is 140 Å². The number of carbonyl (C=O) groups excluding carboxylic acids is 1. The number of urea groups is 1. The van der Waals surface area contributed by atoms with Crippen molar-refractivity contribution >= 4 is 28.6 Å². The minimum atomic E-state index is -0.738. The SMILES string of the molecule is Cc1nn(C)c2cc(NC(=O)NC3CCC(C(=O)O)CC3)ccc12. The highest BCUT2D eigenvalue weighted by atomic mass is 16.4. The van der Waals surface area contributed by atoms with Crippen LogP contribution >= 0.6 is 0 Å². The lowest BCUT2D eigenvalue weighted by molar-refractivity contribution is -0.142. The van der Waals surface area contributed by atoms with E-state index in [0.717, 1.165) is 16.6 Å². The fourth-order valence-corrected chi connectivity index (χ4v) is 3.35. The van der Waals surface area contributed by atoms with Crippen molar-refractivity contribution < 1.29 is 14.7 Å². The predicted octanol–water partition coefficient (Wildman–Crippen LogP) is 2.65. The van der Waals surface area contributed by atoms with E-state index in [4.69, 9.17) is 5.11 Å². The van der Waals surface area contributed by atoms with E-state index in [-0.39, 0.29) is 18.0 Å². The van der Waals surface area contributed by atoms with Crippen molar-refractivity contribution in [3.05, 3.63) is 23.9 Å². The van der Waals surface area contributed by atoms with Crippen LogP contribution in [0.15, 0.2) is 18.2 Å². The van der Waals surface area contributed by atoms with Gasteiger partial charge in [0.05, 0.1) is 17.1 Å². The number of hydrogen-bond donors (Lipinski definition) is 3. The summed E-state index contributed by atoms with van der Waals surface area (Å²) in [4.78, 5) is 23.1. The smallest absolute Gasteiger partial charge is 0.319 e. The second-order valence-electron chi connectivity index (χ2n) is 6.43. The standard InChI is InChI=1S/C17H22N4O3/c1-10-14-8-7-13(9-15(14)21(2)20-10)19-17(24)18-12-5-3-11(4-6-12)16(22)23/h7-9,11-12H,3-6H2,1-2H3,(H,22,23)(H2,18,19,24). The number of benzene rings is 1. The first-order valence-electron chi connectivity index (χ1n) is 8.17. The van der Waals surface area contributed by atoms with Crippen LogP contribution in [-0.4, -0.2) is 32.9 Å². The van der Waals surface area contributed by atoms with Crippen molar-refractivity contribution in [1.29, 1.82) is 0 Å². The number of aromatic nitrogens is 2. The molecular weight excluding hydrogens is 308 g/mol. The minimum absolute atomic E-state index is 0.0308. The third-order valence-corrected chi connectivity index (χ3v) is 4.71. The van der Waals surface area contributed by atoms with Crippen LogP contribution in [0.2, 0.25) is 0 Å². The highest BCUT2D eigenvalue weighted by Crippen LogP contribution is 2.25. The zero-order chi connectivity index (χ0) is 17.3. The molecule has 3 N–H and O–H groups in total. The maximum Gasteiger partial charge on any atom is 0.319 e. The van der Waals surface area contributed by atoms with Crippen LogP contribution in [0, 0.1) is 12.8 Å². The lowest BCUT2D eigenvalue weighted by Crippen LogP contribution is -2.40. The van der Waals surface area contributed by atoms with Gasteiger partial charge < -0.3 is 15.7 Å². The van der Waals surface area contributed by atoms with E-state index < -0.39 is 5.97 Å². The van der Waals surface area contributed by atoms with Crippen molar-refractivity contribution in [2.24, 2.45) is 13.0 Å². The number of fused-ring (bicyclic) bond motifs is 1. The maximum absolute atomic E-state index is 12.2. The zero-order valence-electron chi connectivity index (χ0n) is 13.9. The molecule has 1 aliphatic rings. The highest BCUT2D eigenvalue weighted by Gasteiger charge is 2.26. The number of carboxylic acid groups (broad SMARTS) is 1. The molecule has 1 fully saturated rings. The summed E-state index contributed by atoms with van der Waals surface area (Å²) in [7, 11) is 1.88. The number of carbonyl (C=O) groups is 2. The zero-order valence-corrected chi connectivity index (χ0v) is 13.9. The Balaban J connectivity index is 1.59. The normalized spacial score (nSPS) is 20.8. The molecule has 128 valence electrons. The van der Waals surface area contributed by atoms with Gasteiger partial charge in [0.25, 0.3) is 0 Å². The van der Waals surface area contributed by atoms with Gasteiger partial charge in [-0.1, -0.05) is 0 Å². The van der Waals surface area contributed by atoms with E-state index in [9.17, 15) is 9.59 Å². The summed E-state index contributed by atoms with van der Waals surface area (Å²) in [5, 5.41) is 20.2. The maximum atomic E-state index is 12.2. The fraction of sp³-hybridized carbons (Fsp3) is 0.471. The van der Waals surface area contributed by atoms with Crippen LogP contribution in [0.4, 0.5) is 10.5 Å². The molecule has 1 aromatic carbocycles. The molecule has 3 rings (SSSR count). The van der Waals surface area contributed by atoms with E-state index in [1.165, 1.54) is 0 Å². The average Bonchev–Trinajstić information content (AvgIpc) is 2.82. The van der Waals surface area contributed by atoms with Crippen molar-refractivity contribution in [2.45, 2.75) is 38.6 Å². The number of aliphatic carboxylic acids is 1. The van der Waals surface area contributed by atoms with Crippen molar-refractivity contribution in [3.63, 3.8) is 0 Å². The molecule has 0 atom stereocenters. The molecule has 1 saturated carbocycles. The van der Waals surface area contributed by atoms with E-state index >= 15 is 0 Å². The summed E-state index contributed by atoms with van der Waals surface area (Å²) in [6.07, 6.45) is 2.62. The summed E-state index contributed by atoms with van der Waals surface area (Å²) in [5.41, 5.74) is 2.63. The molecule has 1 heterocycles. The highest BCUT2D eigenvalue weighted by molar-refractivity contribution is 5.93. The molecule has 0 bridgehead atoms. The van der Waals surface area contributed by atoms with E-state index in [2.05, 4.69) is 15.7 Å². The molecule has 1 aliphatic carbocycles. The summed E-state index contributed by atoms with van der Waals surface area (Å²) >= 11 is 0. The monoisotopic (exact) mass is 330 g/mol. The molecule has 7 heteroatoms. The van der Waals surface area contributed by atoms with Crippen LogP contribution in [-0.2, 0) is 11.8 Å². The van der Waals surface area contributed by atoms with Gasteiger partial charge in [-0.05, 0) is 50.8 Å². The van der Waals surface area contributed by atoms with Crippen LogP contribution in [0.25, 0.3) is 10.9 Å². The Bertz CT molecular complexity index is 775. The van der Waals surface area contributed by atoms with E-state index in [1.54, 1.807) is 4.68 Å². The number of anilines is 1. The summed E-state index contributed by atoms with van der Waals surface area (Å²) in [6.45, 7) is 1.95. The Hall–Kier alpha value is -2.57. The number of aryl methyl sites for hydroxylation is 2. The van der Waals surface area contributed by atoms with Crippen LogP contribution in [0.3, 0.4) is 0 Å². The molecule has 0 saturated heterocycles. The predicted molar refractivity (Wildman–Crippen MR) is 91.0 cm³/mol. The number of rotatable bonds is 3.